The van der Waals surface area contributed by atoms with Crippen LogP contribution in [0.1, 0.15) is 29.3 Å². The molecule has 2 aromatic rings. The quantitative estimate of drug-likeness (QED) is 0.911. The molecule has 1 aromatic carbocycles. The number of aromatic hydroxyl groups is 1. The van der Waals surface area contributed by atoms with Crippen molar-refractivity contribution in [1.82, 2.24) is 4.98 Å². The van der Waals surface area contributed by atoms with Crippen molar-refractivity contribution in [3.8, 4) is 22.1 Å². The van der Waals surface area contributed by atoms with E-state index in [1.807, 2.05) is 0 Å². The Labute approximate surface area is 125 Å². The van der Waals surface area contributed by atoms with Crippen molar-refractivity contribution in [2.45, 2.75) is 25.2 Å². The maximum absolute atomic E-state index is 11.3. The third-order valence-electron chi connectivity index (χ3n) is 3.68. The summed E-state index contributed by atoms with van der Waals surface area (Å²) in [5, 5.41) is 19.7. The molecule has 6 heteroatoms. The number of aliphatic carboxylic acids is 1. The van der Waals surface area contributed by atoms with Crippen molar-refractivity contribution in [2.24, 2.45) is 0 Å². The van der Waals surface area contributed by atoms with Crippen LogP contribution in [-0.4, -0.2) is 28.3 Å². The van der Waals surface area contributed by atoms with Crippen LogP contribution in [0.3, 0.4) is 0 Å². The van der Waals surface area contributed by atoms with Crippen LogP contribution in [0.15, 0.2) is 18.2 Å². The van der Waals surface area contributed by atoms with E-state index in [0.717, 1.165) is 28.3 Å². The third-order valence-corrected chi connectivity index (χ3v) is 4.86. The lowest BCUT2D eigenvalue weighted by molar-refractivity contribution is -0.139. The molecule has 1 aliphatic carbocycles. The molecule has 0 radical (unpaired) electrons. The molecule has 1 aromatic heterocycles. The van der Waals surface area contributed by atoms with Crippen LogP contribution in [0.25, 0.3) is 10.6 Å². The van der Waals surface area contributed by atoms with Crippen molar-refractivity contribution in [1.29, 1.82) is 0 Å². The third kappa shape index (κ3) is 2.47. The summed E-state index contributed by atoms with van der Waals surface area (Å²) >= 11 is 1.52. The largest absolute Gasteiger partial charge is 0.504 e. The minimum atomic E-state index is -0.809. The standard InChI is InChI=1S/C15H15NO4S/c1-20-11-7-8(5-6-10(11)17)14-16-13-9(15(18)19)3-2-4-12(13)21-14/h5-7,9,17H,2-4H2,1H3,(H,18,19). The van der Waals surface area contributed by atoms with Gasteiger partial charge in [0.15, 0.2) is 11.5 Å². The number of carbonyl (C=O) groups is 1. The van der Waals surface area contributed by atoms with Gasteiger partial charge in [-0.3, -0.25) is 4.79 Å². The summed E-state index contributed by atoms with van der Waals surface area (Å²) in [7, 11) is 1.49. The first kappa shape index (κ1) is 13.9. The van der Waals surface area contributed by atoms with Crippen LogP contribution in [0.2, 0.25) is 0 Å². The number of aryl methyl sites for hydroxylation is 1. The monoisotopic (exact) mass is 305 g/mol. The SMILES string of the molecule is COc1cc(-c2nc3c(s2)CCCC3C(=O)O)ccc1O. The van der Waals surface area contributed by atoms with Gasteiger partial charge in [-0.15, -0.1) is 11.3 Å². The number of thiazole rings is 1. The highest BCUT2D eigenvalue weighted by Crippen LogP contribution is 2.40. The fraction of sp³-hybridized carbons (Fsp3) is 0.333. The number of carboxylic acids is 1. The van der Waals surface area contributed by atoms with E-state index in [-0.39, 0.29) is 5.75 Å². The van der Waals surface area contributed by atoms with E-state index in [2.05, 4.69) is 4.98 Å². The Morgan fingerprint density at radius 2 is 2.29 bits per heavy atom. The van der Waals surface area contributed by atoms with Gasteiger partial charge in [0.2, 0.25) is 0 Å². The van der Waals surface area contributed by atoms with Crippen molar-refractivity contribution in [3.63, 3.8) is 0 Å². The smallest absolute Gasteiger partial charge is 0.312 e. The fourth-order valence-electron chi connectivity index (χ4n) is 2.59. The van der Waals surface area contributed by atoms with Crippen molar-refractivity contribution in [3.05, 3.63) is 28.8 Å². The van der Waals surface area contributed by atoms with Gasteiger partial charge in [0, 0.05) is 10.4 Å². The zero-order valence-electron chi connectivity index (χ0n) is 11.5. The van der Waals surface area contributed by atoms with Gasteiger partial charge in [-0.2, -0.15) is 0 Å². The summed E-state index contributed by atoms with van der Waals surface area (Å²) in [5.41, 5.74) is 1.52. The first-order valence-corrected chi connectivity index (χ1v) is 7.51. The normalized spacial score (nSPS) is 17.3. The maximum Gasteiger partial charge on any atom is 0.312 e. The number of hydrogen-bond acceptors (Lipinski definition) is 5. The van der Waals surface area contributed by atoms with Gasteiger partial charge in [0.05, 0.1) is 18.7 Å². The first-order chi connectivity index (χ1) is 10.1. The minimum absolute atomic E-state index is 0.0750. The summed E-state index contributed by atoms with van der Waals surface area (Å²) < 4.78 is 5.10. The van der Waals surface area contributed by atoms with Gasteiger partial charge in [0.25, 0.3) is 0 Å². The molecular formula is C15H15NO4S. The Bertz CT molecular complexity index is 695. The van der Waals surface area contributed by atoms with E-state index in [1.165, 1.54) is 18.4 Å². The second-order valence-electron chi connectivity index (χ2n) is 5.00. The lowest BCUT2D eigenvalue weighted by Gasteiger charge is -2.16. The number of nitrogens with zero attached hydrogens (tertiary/aromatic N) is 1. The van der Waals surface area contributed by atoms with Gasteiger partial charge in [-0.1, -0.05) is 0 Å². The molecular weight excluding hydrogens is 290 g/mol. The van der Waals surface area contributed by atoms with Crippen LogP contribution in [-0.2, 0) is 11.2 Å². The van der Waals surface area contributed by atoms with Gasteiger partial charge in [-0.25, -0.2) is 4.98 Å². The van der Waals surface area contributed by atoms with E-state index in [1.54, 1.807) is 18.2 Å². The van der Waals surface area contributed by atoms with Gasteiger partial charge in [0.1, 0.15) is 5.01 Å². The summed E-state index contributed by atoms with van der Waals surface area (Å²) in [6, 6.07) is 5.04. The highest BCUT2D eigenvalue weighted by Gasteiger charge is 2.30. The number of phenols is 1. The number of ether oxygens (including phenoxy) is 1. The molecule has 1 unspecified atom stereocenters. The highest BCUT2D eigenvalue weighted by atomic mass is 32.1. The number of aromatic nitrogens is 1. The molecule has 0 spiro atoms. The zero-order valence-corrected chi connectivity index (χ0v) is 12.3. The Hall–Kier alpha value is -2.08. The van der Waals surface area contributed by atoms with Crippen LogP contribution >= 0.6 is 11.3 Å². The molecule has 21 heavy (non-hydrogen) atoms. The van der Waals surface area contributed by atoms with E-state index < -0.39 is 11.9 Å². The van der Waals surface area contributed by atoms with Gasteiger partial charge >= 0.3 is 5.97 Å². The van der Waals surface area contributed by atoms with E-state index in [9.17, 15) is 15.0 Å². The van der Waals surface area contributed by atoms with Crippen molar-refractivity contribution < 1.29 is 19.7 Å². The predicted octanol–water partition coefficient (Wildman–Crippen LogP) is 3.03. The number of rotatable bonds is 3. The molecule has 5 nitrogen and oxygen atoms in total. The van der Waals surface area contributed by atoms with Gasteiger partial charge in [-0.05, 0) is 37.5 Å². The molecule has 1 atom stereocenters. The first-order valence-electron chi connectivity index (χ1n) is 6.70. The van der Waals surface area contributed by atoms with Crippen LogP contribution < -0.4 is 4.74 Å². The Morgan fingerprint density at radius 1 is 1.48 bits per heavy atom. The van der Waals surface area contributed by atoms with E-state index in [4.69, 9.17) is 4.74 Å². The van der Waals surface area contributed by atoms with Gasteiger partial charge < -0.3 is 14.9 Å². The van der Waals surface area contributed by atoms with E-state index in [0.29, 0.717) is 17.9 Å². The maximum atomic E-state index is 11.3. The molecule has 0 aliphatic heterocycles. The number of benzene rings is 1. The average Bonchev–Trinajstić information content (AvgIpc) is 2.91. The average molecular weight is 305 g/mol. The van der Waals surface area contributed by atoms with E-state index >= 15 is 0 Å². The molecule has 0 bridgehead atoms. The number of phenolic OH excluding ortho intramolecular Hbond substituents is 1. The summed E-state index contributed by atoms with van der Waals surface area (Å²) in [6.07, 6.45) is 2.40. The number of methoxy groups -OCH3 is 1. The number of carboxylic acid groups (broad SMARTS) is 1. The van der Waals surface area contributed by atoms with Crippen LogP contribution in [0, 0.1) is 0 Å². The minimum Gasteiger partial charge on any atom is -0.504 e. The lowest BCUT2D eigenvalue weighted by Crippen LogP contribution is -2.17. The Balaban J connectivity index is 2.03. The van der Waals surface area contributed by atoms with Crippen LogP contribution in [0.5, 0.6) is 11.5 Å². The number of hydrogen-bond donors (Lipinski definition) is 2. The molecule has 1 aliphatic rings. The summed E-state index contributed by atoms with van der Waals surface area (Å²) in [4.78, 5) is 16.9. The number of fused-ring (bicyclic) bond motifs is 1. The lowest BCUT2D eigenvalue weighted by atomic mass is 9.91. The summed E-state index contributed by atoms with van der Waals surface area (Å²) in [5.74, 6) is -0.852. The van der Waals surface area contributed by atoms with Crippen molar-refractivity contribution >= 4 is 17.3 Å². The Kier molecular flexibility index (Phi) is 3.55. The molecule has 0 saturated carbocycles. The fourth-order valence-corrected chi connectivity index (χ4v) is 3.75. The molecule has 110 valence electrons. The van der Waals surface area contributed by atoms with Crippen LogP contribution in [0.4, 0.5) is 0 Å². The molecule has 0 saturated heterocycles. The molecule has 3 rings (SSSR count). The zero-order chi connectivity index (χ0) is 15.0. The molecule has 2 N–H and O–H groups in total. The summed E-state index contributed by atoms with van der Waals surface area (Å²) in [6.45, 7) is 0. The topological polar surface area (TPSA) is 79.7 Å². The van der Waals surface area contributed by atoms with Crippen molar-refractivity contribution in [2.75, 3.05) is 7.11 Å². The predicted molar refractivity (Wildman–Crippen MR) is 79.1 cm³/mol. The highest BCUT2D eigenvalue weighted by molar-refractivity contribution is 7.15. The Morgan fingerprint density at radius 3 is 3.00 bits per heavy atom. The molecule has 0 amide bonds. The molecule has 1 heterocycles. The second kappa shape index (κ2) is 5.37. The second-order valence-corrected chi connectivity index (χ2v) is 6.08. The molecule has 0 fully saturated rings.